The number of thioether (sulfide) groups is 1. The predicted molar refractivity (Wildman–Crippen MR) is 118 cm³/mol. The van der Waals surface area contributed by atoms with Crippen molar-refractivity contribution in [2.24, 2.45) is 0 Å². The van der Waals surface area contributed by atoms with Crippen LogP contribution in [0.4, 0.5) is 10.1 Å². The first-order chi connectivity index (χ1) is 14.5. The van der Waals surface area contributed by atoms with E-state index in [9.17, 15) is 9.18 Å². The van der Waals surface area contributed by atoms with Crippen LogP contribution in [-0.2, 0) is 11.3 Å². The molecule has 6 nitrogen and oxygen atoms in total. The van der Waals surface area contributed by atoms with Crippen molar-refractivity contribution in [3.05, 3.63) is 66.0 Å². The highest BCUT2D eigenvalue weighted by molar-refractivity contribution is 7.99. The molecule has 30 heavy (non-hydrogen) atoms. The highest BCUT2D eigenvalue weighted by Gasteiger charge is 2.15. The molecule has 0 spiro atoms. The smallest absolute Gasteiger partial charge is 0.234 e. The van der Waals surface area contributed by atoms with Crippen LogP contribution in [0.25, 0.3) is 11.4 Å². The lowest BCUT2D eigenvalue weighted by atomic mass is 10.2. The number of hydrogen-bond donors (Lipinski definition) is 1. The average Bonchev–Trinajstić information content (AvgIpc) is 3.13. The van der Waals surface area contributed by atoms with Crippen molar-refractivity contribution in [3.63, 3.8) is 0 Å². The number of rotatable bonds is 9. The van der Waals surface area contributed by atoms with Crippen molar-refractivity contribution in [2.45, 2.75) is 18.6 Å². The van der Waals surface area contributed by atoms with Gasteiger partial charge in [0.05, 0.1) is 17.4 Å². The molecule has 1 heterocycles. The van der Waals surface area contributed by atoms with Crippen molar-refractivity contribution in [3.8, 4) is 17.1 Å². The molecular weight excluding hydrogens is 427 g/mol. The van der Waals surface area contributed by atoms with E-state index < -0.39 is 5.82 Å². The van der Waals surface area contributed by atoms with Crippen LogP contribution in [0.5, 0.6) is 5.75 Å². The zero-order valence-electron chi connectivity index (χ0n) is 16.3. The molecule has 2 aromatic carbocycles. The fourth-order valence-electron chi connectivity index (χ4n) is 2.67. The van der Waals surface area contributed by atoms with Gasteiger partial charge in [-0.05, 0) is 49.4 Å². The molecule has 3 aromatic rings. The second-order valence-electron chi connectivity index (χ2n) is 6.13. The first-order valence-corrected chi connectivity index (χ1v) is 10.5. The Labute approximate surface area is 183 Å². The fourth-order valence-corrected chi connectivity index (χ4v) is 3.60. The SMILES string of the molecule is C=CCn1c(SCC(=O)Nc2ccc(F)c(Cl)c2)nnc1-c1ccc(OCC)cc1. The van der Waals surface area contributed by atoms with Gasteiger partial charge >= 0.3 is 0 Å². The van der Waals surface area contributed by atoms with Gasteiger partial charge in [-0.2, -0.15) is 0 Å². The van der Waals surface area contributed by atoms with Gasteiger partial charge in [-0.15, -0.1) is 16.8 Å². The van der Waals surface area contributed by atoms with Gasteiger partial charge < -0.3 is 10.1 Å². The van der Waals surface area contributed by atoms with Gasteiger partial charge in [0, 0.05) is 17.8 Å². The summed E-state index contributed by atoms with van der Waals surface area (Å²) < 4.78 is 20.6. The molecule has 0 saturated carbocycles. The highest BCUT2D eigenvalue weighted by atomic mass is 35.5. The number of carbonyl (C=O) groups excluding carboxylic acids is 1. The standard InChI is InChI=1S/C21H20ClFN4O2S/c1-3-11-27-20(14-5-8-16(9-6-14)29-4-2)25-26-21(27)30-13-19(28)24-15-7-10-18(23)17(22)12-15/h3,5-10,12H,1,4,11,13H2,2H3,(H,24,28). The molecule has 1 aromatic heterocycles. The van der Waals surface area contributed by atoms with Gasteiger partial charge in [-0.3, -0.25) is 9.36 Å². The first kappa shape index (κ1) is 21.9. The van der Waals surface area contributed by atoms with E-state index in [0.29, 0.717) is 29.8 Å². The number of ether oxygens (including phenoxy) is 1. The van der Waals surface area contributed by atoms with E-state index in [2.05, 4.69) is 22.1 Å². The second kappa shape index (κ2) is 10.3. The van der Waals surface area contributed by atoms with Gasteiger partial charge in [0.25, 0.3) is 0 Å². The molecule has 0 saturated heterocycles. The normalized spacial score (nSPS) is 10.6. The third kappa shape index (κ3) is 5.40. The zero-order valence-corrected chi connectivity index (χ0v) is 17.8. The largest absolute Gasteiger partial charge is 0.494 e. The maximum Gasteiger partial charge on any atom is 0.234 e. The summed E-state index contributed by atoms with van der Waals surface area (Å²) in [6, 6.07) is 11.6. The number of nitrogens with one attached hydrogen (secondary N) is 1. The van der Waals surface area contributed by atoms with Gasteiger partial charge in [0.2, 0.25) is 5.91 Å². The van der Waals surface area contributed by atoms with Gasteiger partial charge in [0.15, 0.2) is 11.0 Å². The number of anilines is 1. The zero-order chi connectivity index (χ0) is 21.5. The molecule has 0 aliphatic carbocycles. The van der Waals surface area contributed by atoms with Crippen LogP contribution in [-0.4, -0.2) is 33.0 Å². The molecule has 0 aliphatic heterocycles. The van der Waals surface area contributed by atoms with E-state index in [1.54, 1.807) is 6.08 Å². The molecule has 9 heteroatoms. The predicted octanol–water partition coefficient (Wildman–Crippen LogP) is 5.05. The minimum atomic E-state index is -0.539. The van der Waals surface area contributed by atoms with Crippen LogP contribution in [0.2, 0.25) is 5.02 Å². The Hall–Kier alpha value is -2.84. The number of carbonyl (C=O) groups is 1. The third-order valence-corrected chi connectivity index (χ3v) is 5.24. The molecule has 156 valence electrons. The van der Waals surface area contributed by atoms with Crippen LogP contribution in [0.3, 0.4) is 0 Å². The Morgan fingerprint density at radius 1 is 1.30 bits per heavy atom. The number of hydrogen-bond acceptors (Lipinski definition) is 5. The molecule has 1 amide bonds. The number of allylic oxidation sites excluding steroid dienone is 1. The number of nitrogens with zero attached hydrogens (tertiary/aromatic N) is 3. The molecule has 0 atom stereocenters. The molecule has 3 rings (SSSR count). The lowest BCUT2D eigenvalue weighted by Gasteiger charge is -2.09. The van der Waals surface area contributed by atoms with Gasteiger partial charge in [0.1, 0.15) is 11.6 Å². The van der Waals surface area contributed by atoms with Crippen molar-refractivity contribution < 1.29 is 13.9 Å². The average molecular weight is 447 g/mol. The Balaban J connectivity index is 1.70. The molecule has 0 fully saturated rings. The summed E-state index contributed by atoms with van der Waals surface area (Å²) in [7, 11) is 0. The minimum Gasteiger partial charge on any atom is -0.494 e. The van der Waals surface area contributed by atoms with Crippen molar-refractivity contribution in [1.29, 1.82) is 0 Å². The van der Waals surface area contributed by atoms with Crippen molar-refractivity contribution >= 4 is 35.0 Å². The number of amides is 1. The maximum absolute atomic E-state index is 13.2. The third-order valence-electron chi connectivity index (χ3n) is 3.99. The Morgan fingerprint density at radius 3 is 2.73 bits per heavy atom. The minimum absolute atomic E-state index is 0.0498. The van der Waals surface area contributed by atoms with Crippen molar-refractivity contribution in [1.82, 2.24) is 14.8 Å². The van der Waals surface area contributed by atoms with Crippen LogP contribution < -0.4 is 10.1 Å². The first-order valence-electron chi connectivity index (χ1n) is 9.16. The molecule has 0 radical (unpaired) electrons. The lowest BCUT2D eigenvalue weighted by molar-refractivity contribution is -0.113. The monoisotopic (exact) mass is 446 g/mol. The van der Waals surface area contributed by atoms with Crippen LogP contribution >= 0.6 is 23.4 Å². The van der Waals surface area contributed by atoms with Crippen LogP contribution in [0, 0.1) is 5.82 Å². The molecule has 1 N–H and O–H groups in total. The molecule has 0 unspecified atom stereocenters. The topological polar surface area (TPSA) is 69.0 Å². The summed E-state index contributed by atoms with van der Waals surface area (Å²) in [5.41, 5.74) is 1.31. The summed E-state index contributed by atoms with van der Waals surface area (Å²) >= 11 is 6.99. The summed E-state index contributed by atoms with van der Waals surface area (Å²) in [5.74, 6) is 0.754. The Kier molecular flexibility index (Phi) is 7.48. The van der Waals surface area contributed by atoms with Crippen LogP contribution in [0.1, 0.15) is 6.92 Å². The van der Waals surface area contributed by atoms with E-state index in [1.807, 2.05) is 35.8 Å². The van der Waals surface area contributed by atoms with E-state index in [1.165, 1.54) is 30.0 Å². The molecule has 0 aliphatic rings. The highest BCUT2D eigenvalue weighted by Crippen LogP contribution is 2.26. The van der Waals surface area contributed by atoms with Gasteiger partial charge in [-0.25, -0.2) is 4.39 Å². The number of benzene rings is 2. The summed E-state index contributed by atoms with van der Waals surface area (Å²) in [4.78, 5) is 12.3. The summed E-state index contributed by atoms with van der Waals surface area (Å²) in [5, 5.41) is 11.7. The molecule has 0 bridgehead atoms. The van der Waals surface area contributed by atoms with Crippen LogP contribution in [0.15, 0.2) is 60.3 Å². The summed E-state index contributed by atoms with van der Waals surface area (Å²) in [6.07, 6.45) is 1.74. The number of aromatic nitrogens is 3. The van der Waals surface area contributed by atoms with E-state index >= 15 is 0 Å². The van der Waals surface area contributed by atoms with E-state index in [-0.39, 0.29) is 16.7 Å². The molecular formula is C21H20ClFN4O2S. The second-order valence-corrected chi connectivity index (χ2v) is 7.48. The summed E-state index contributed by atoms with van der Waals surface area (Å²) in [6.45, 7) is 6.81. The Bertz CT molecular complexity index is 1040. The maximum atomic E-state index is 13.2. The van der Waals surface area contributed by atoms with Gasteiger partial charge in [-0.1, -0.05) is 29.4 Å². The quantitative estimate of drug-likeness (QED) is 0.368. The van der Waals surface area contributed by atoms with Crippen molar-refractivity contribution in [2.75, 3.05) is 17.7 Å². The van der Waals surface area contributed by atoms with E-state index in [0.717, 1.165) is 11.3 Å². The Morgan fingerprint density at radius 2 is 2.07 bits per heavy atom. The fraction of sp³-hybridized carbons (Fsp3) is 0.190. The number of halogens is 2. The lowest BCUT2D eigenvalue weighted by Crippen LogP contribution is -2.14. The van der Waals surface area contributed by atoms with E-state index in [4.69, 9.17) is 16.3 Å².